The largest absolute Gasteiger partial charge is 0.481 e. The Labute approximate surface area is 266 Å². The average Bonchev–Trinajstić information content (AvgIpc) is 3.60. The molecule has 2 atom stereocenters. The number of halogens is 2. The molecule has 0 bridgehead atoms. The molecule has 1 aromatic heterocycles. The highest BCUT2D eigenvalue weighted by Crippen LogP contribution is 2.31. The van der Waals surface area contributed by atoms with E-state index in [-0.39, 0.29) is 71.8 Å². The Morgan fingerprint density at radius 1 is 1.13 bits per heavy atom. The Morgan fingerprint density at radius 3 is 2.53 bits per heavy atom. The van der Waals surface area contributed by atoms with Crippen molar-refractivity contribution in [3.05, 3.63) is 64.6 Å². The molecule has 0 unspecified atom stereocenters. The molecule has 5 rings (SSSR count). The summed E-state index contributed by atoms with van der Waals surface area (Å²) in [5.74, 6) is -2.72. The minimum Gasteiger partial charge on any atom is -0.481 e. The molecular weight excluding hydrogens is 603 g/mol. The summed E-state index contributed by atoms with van der Waals surface area (Å²) in [4.78, 5) is 53.3. The van der Waals surface area contributed by atoms with Gasteiger partial charge in [-0.2, -0.15) is 0 Å². The number of likely N-dealkylation sites (N-methyl/N-ethyl adjacent to an activating group) is 1. The zero-order valence-electron chi connectivity index (χ0n) is 25.6. The van der Waals surface area contributed by atoms with Gasteiger partial charge in [-0.05, 0) is 55.9 Å². The van der Waals surface area contributed by atoms with Gasteiger partial charge in [-0.3, -0.25) is 19.2 Å². The van der Waals surface area contributed by atoms with Crippen molar-refractivity contribution >= 4 is 51.9 Å². The lowest BCUT2D eigenvalue weighted by molar-refractivity contribution is -0.144. The predicted molar refractivity (Wildman–Crippen MR) is 168 cm³/mol. The Morgan fingerprint density at radius 2 is 1.84 bits per heavy atom. The highest BCUT2D eigenvalue weighted by molar-refractivity contribution is 6.34. The van der Waals surface area contributed by atoms with E-state index in [1.54, 1.807) is 23.0 Å². The molecule has 2 aliphatic rings. The Balaban J connectivity index is 1.27. The molecule has 0 radical (unpaired) electrons. The number of aryl methyl sites for hydroxylation is 1. The molecule has 3 aromatic rings. The molecule has 2 fully saturated rings. The van der Waals surface area contributed by atoms with Crippen molar-refractivity contribution in [3.8, 4) is 0 Å². The molecule has 10 nitrogen and oxygen atoms in total. The third-order valence-corrected chi connectivity index (χ3v) is 9.49. The second-order valence-electron chi connectivity index (χ2n) is 12.1. The zero-order valence-corrected chi connectivity index (χ0v) is 26.3. The molecule has 240 valence electrons. The number of likely N-dealkylation sites (tertiary alicyclic amines) is 1. The van der Waals surface area contributed by atoms with E-state index in [1.807, 2.05) is 35.9 Å². The molecule has 2 N–H and O–H groups in total. The summed E-state index contributed by atoms with van der Waals surface area (Å²) in [5, 5.41) is 12.8. The fourth-order valence-corrected chi connectivity index (χ4v) is 6.65. The molecule has 2 aromatic carbocycles. The topological polar surface area (TPSA) is 121 Å². The SMILES string of the molecule is CC(=O)N(C)[C@H]1C[C@@H](COC2CCC(C(=O)O)CC2)N(C(=O)Cc2cc(Cl)c(NC(=O)c3cn(C)c4ccccc34)cc2F)C1. The highest BCUT2D eigenvalue weighted by Gasteiger charge is 2.39. The number of carboxylic acids is 1. The number of carboxylic acid groups (broad SMARTS) is 1. The van der Waals surface area contributed by atoms with E-state index < -0.39 is 17.7 Å². The van der Waals surface area contributed by atoms with Crippen LogP contribution in [0.15, 0.2) is 42.6 Å². The average molecular weight is 641 g/mol. The number of hydrogen-bond acceptors (Lipinski definition) is 5. The zero-order chi connectivity index (χ0) is 32.4. The maximum Gasteiger partial charge on any atom is 0.306 e. The maximum atomic E-state index is 15.4. The number of amides is 3. The number of nitrogens with zero attached hydrogens (tertiary/aromatic N) is 3. The second kappa shape index (κ2) is 13.6. The summed E-state index contributed by atoms with van der Waals surface area (Å²) in [7, 11) is 3.53. The van der Waals surface area contributed by atoms with Crippen LogP contribution < -0.4 is 5.32 Å². The Kier molecular flexibility index (Phi) is 9.79. The number of ether oxygens (including phenoxy) is 1. The minimum absolute atomic E-state index is 0.0863. The van der Waals surface area contributed by atoms with Gasteiger partial charge >= 0.3 is 5.97 Å². The van der Waals surface area contributed by atoms with Gasteiger partial charge in [0.25, 0.3) is 5.91 Å². The summed E-state index contributed by atoms with van der Waals surface area (Å²) in [6.45, 7) is 1.98. The van der Waals surface area contributed by atoms with Crippen LogP contribution in [0.3, 0.4) is 0 Å². The van der Waals surface area contributed by atoms with Gasteiger partial charge in [0, 0.05) is 44.7 Å². The summed E-state index contributed by atoms with van der Waals surface area (Å²) < 4.78 is 23.4. The van der Waals surface area contributed by atoms with Gasteiger partial charge in [-0.25, -0.2) is 4.39 Å². The number of carbonyl (C=O) groups is 4. The van der Waals surface area contributed by atoms with Crippen molar-refractivity contribution in [1.82, 2.24) is 14.4 Å². The number of hydrogen-bond donors (Lipinski definition) is 2. The van der Waals surface area contributed by atoms with E-state index in [0.29, 0.717) is 37.7 Å². The lowest BCUT2D eigenvalue weighted by atomic mass is 9.87. The summed E-state index contributed by atoms with van der Waals surface area (Å²) in [5.41, 5.74) is 1.48. The number of fused-ring (bicyclic) bond motifs is 1. The van der Waals surface area contributed by atoms with Crippen LogP contribution in [0.4, 0.5) is 10.1 Å². The number of carbonyl (C=O) groups excluding carboxylic acids is 3. The first-order valence-corrected chi connectivity index (χ1v) is 15.5. The van der Waals surface area contributed by atoms with Crippen LogP contribution in [0.5, 0.6) is 0 Å². The van der Waals surface area contributed by atoms with E-state index in [0.717, 1.165) is 17.0 Å². The standard InChI is InChI=1S/C33H38ClFN4O6/c1-19(40)38(3)22-14-23(18-45-24-10-8-20(9-11-24)33(43)44)39(16-22)31(41)13-21-12-27(34)29(15-28(21)35)36-32(42)26-17-37(2)30-7-5-4-6-25(26)30/h4-7,12,15,17,20,22-24H,8-11,13-14,16,18H2,1-3H3,(H,36,42)(H,43,44)/t20?,22-,23-,24?/m0/s1. The van der Waals surface area contributed by atoms with Crippen molar-refractivity contribution < 1.29 is 33.4 Å². The molecule has 1 saturated carbocycles. The Hall–Kier alpha value is -3.96. The molecule has 0 spiro atoms. The molecule has 1 aliphatic carbocycles. The van der Waals surface area contributed by atoms with Crippen LogP contribution in [0.25, 0.3) is 10.9 Å². The van der Waals surface area contributed by atoms with Crippen molar-refractivity contribution in [2.24, 2.45) is 13.0 Å². The van der Waals surface area contributed by atoms with Gasteiger partial charge in [-0.1, -0.05) is 29.8 Å². The third-order valence-electron chi connectivity index (χ3n) is 9.17. The molecule has 12 heteroatoms. The quantitative estimate of drug-likeness (QED) is 0.344. The van der Waals surface area contributed by atoms with E-state index in [2.05, 4.69) is 5.32 Å². The molecular formula is C33H38ClFN4O6. The number of anilines is 1. The fourth-order valence-electron chi connectivity index (χ4n) is 6.41. The molecule has 45 heavy (non-hydrogen) atoms. The number of aliphatic carboxylic acids is 1. The van der Waals surface area contributed by atoms with Crippen molar-refractivity contribution in [3.63, 3.8) is 0 Å². The highest BCUT2D eigenvalue weighted by atomic mass is 35.5. The summed E-state index contributed by atoms with van der Waals surface area (Å²) in [6.07, 6.45) is 4.18. The first-order valence-electron chi connectivity index (χ1n) is 15.1. The minimum atomic E-state index is -0.788. The smallest absolute Gasteiger partial charge is 0.306 e. The van der Waals surface area contributed by atoms with Gasteiger partial charge in [0.2, 0.25) is 11.8 Å². The molecule has 1 aliphatic heterocycles. The van der Waals surface area contributed by atoms with Crippen LogP contribution in [-0.2, 0) is 32.6 Å². The number of benzene rings is 2. The van der Waals surface area contributed by atoms with Crippen LogP contribution in [-0.4, -0.2) is 81.6 Å². The van der Waals surface area contributed by atoms with Crippen LogP contribution in [0.1, 0.15) is 54.9 Å². The predicted octanol–water partition coefficient (Wildman–Crippen LogP) is 4.87. The monoisotopic (exact) mass is 640 g/mol. The van der Waals surface area contributed by atoms with Gasteiger partial charge in [0.1, 0.15) is 5.82 Å². The van der Waals surface area contributed by atoms with Gasteiger partial charge in [0.15, 0.2) is 0 Å². The number of rotatable bonds is 9. The van der Waals surface area contributed by atoms with E-state index in [9.17, 15) is 24.3 Å². The summed E-state index contributed by atoms with van der Waals surface area (Å²) >= 11 is 6.48. The molecule has 2 heterocycles. The lowest BCUT2D eigenvalue weighted by Crippen LogP contribution is -2.42. The van der Waals surface area contributed by atoms with Crippen LogP contribution in [0, 0.1) is 11.7 Å². The second-order valence-corrected chi connectivity index (χ2v) is 12.5. The molecule has 3 amide bonds. The van der Waals surface area contributed by atoms with Crippen molar-refractivity contribution in [2.45, 2.75) is 63.6 Å². The maximum absolute atomic E-state index is 15.4. The Bertz CT molecular complexity index is 1620. The van der Waals surface area contributed by atoms with Gasteiger partial charge in [-0.15, -0.1) is 0 Å². The number of para-hydroxylation sites is 1. The van der Waals surface area contributed by atoms with Crippen molar-refractivity contribution in [1.29, 1.82) is 0 Å². The number of nitrogens with one attached hydrogen (secondary N) is 1. The first-order chi connectivity index (χ1) is 21.4. The first kappa shape index (κ1) is 32.4. The summed E-state index contributed by atoms with van der Waals surface area (Å²) in [6, 6.07) is 9.37. The van der Waals surface area contributed by atoms with E-state index in [4.69, 9.17) is 16.3 Å². The molecule has 1 saturated heterocycles. The lowest BCUT2D eigenvalue weighted by Gasteiger charge is -2.30. The third kappa shape index (κ3) is 7.15. The van der Waals surface area contributed by atoms with E-state index in [1.165, 1.54) is 13.0 Å². The van der Waals surface area contributed by atoms with Crippen molar-refractivity contribution in [2.75, 3.05) is 25.5 Å². The van der Waals surface area contributed by atoms with Crippen LogP contribution >= 0.6 is 11.6 Å². The fraction of sp³-hybridized carbons (Fsp3) is 0.455. The van der Waals surface area contributed by atoms with E-state index >= 15 is 4.39 Å². The number of aromatic nitrogens is 1. The van der Waals surface area contributed by atoms with Crippen LogP contribution in [0.2, 0.25) is 5.02 Å². The van der Waals surface area contributed by atoms with Gasteiger partial charge < -0.3 is 29.5 Å². The normalized spacial score (nSPS) is 21.6. The van der Waals surface area contributed by atoms with Gasteiger partial charge in [0.05, 0.1) is 53.4 Å².